The second-order valence-corrected chi connectivity index (χ2v) is 9.35. The third kappa shape index (κ3) is 5.40. The van der Waals surface area contributed by atoms with E-state index in [-0.39, 0.29) is 6.07 Å². The molecular formula is C25H19ClF7N3O2. The van der Waals surface area contributed by atoms with Gasteiger partial charge in [-0.05, 0) is 36.6 Å². The molecule has 2 aromatic carbocycles. The summed E-state index contributed by atoms with van der Waals surface area (Å²) in [6.07, 6.45) is -7.91. The van der Waals surface area contributed by atoms with Crippen LogP contribution in [0.3, 0.4) is 0 Å². The Bertz CT molecular complexity index is 1410. The van der Waals surface area contributed by atoms with Gasteiger partial charge in [0.1, 0.15) is 11.6 Å². The zero-order valence-electron chi connectivity index (χ0n) is 19.4. The minimum Gasteiger partial charge on any atom is -0.351 e. The average Bonchev–Trinajstić information content (AvgIpc) is 3.33. The molecule has 0 radical (unpaired) electrons. The molecule has 1 heterocycles. The first-order valence-electron chi connectivity index (χ1n) is 11.3. The number of nitrogens with one attached hydrogen (secondary N) is 2. The normalized spacial score (nSPS) is 15.5. The summed E-state index contributed by atoms with van der Waals surface area (Å²) in [4.78, 5) is 29.9. The van der Waals surface area contributed by atoms with Gasteiger partial charge in [-0.15, -0.1) is 0 Å². The second kappa shape index (κ2) is 10.0. The van der Waals surface area contributed by atoms with Crippen molar-refractivity contribution in [2.45, 2.75) is 50.0 Å². The minimum absolute atomic E-state index is 0.0521. The molecule has 1 saturated carbocycles. The van der Waals surface area contributed by atoms with Crippen molar-refractivity contribution in [2.75, 3.05) is 0 Å². The highest BCUT2D eigenvalue weighted by Gasteiger charge is 2.43. The summed E-state index contributed by atoms with van der Waals surface area (Å²) in [5, 5.41) is 3.02. The van der Waals surface area contributed by atoms with Crippen molar-refractivity contribution in [3.63, 3.8) is 0 Å². The Morgan fingerprint density at radius 3 is 2.21 bits per heavy atom. The number of benzene rings is 2. The number of halogens is 8. The number of H-pyrrole nitrogens is 1. The molecule has 3 aromatic rings. The minimum atomic E-state index is -5.19. The largest absolute Gasteiger partial charge is 0.433 e. The van der Waals surface area contributed by atoms with Crippen molar-refractivity contribution in [2.24, 2.45) is 0 Å². The maximum absolute atomic E-state index is 15.5. The topological polar surface area (TPSA) is 74.8 Å². The fourth-order valence-corrected chi connectivity index (χ4v) is 4.81. The number of aromatic nitrogens is 2. The van der Waals surface area contributed by atoms with Crippen LogP contribution in [0.5, 0.6) is 0 Å². The van der Waals surface area contributed by atoms with Crippen LogP contribution in [0, 0.1) is 5.82 Å². The molecule has 1 aromatic heterocycles. The molecular weight excluding hydrogens is 543 g/mol. The third-order valence-electron chi connectivity index (χ3n) is 6.52. The number of nitrogens with zero attached hydrogens (tertiary/aromatic N) is 1. The Kier molecular flexibility index (Phi) is 7.30. The highest BCUT2D eigenvalue weighted by Crippen LogP contribution is 2.42. The molecule has 1 aliphatic carbocycles. The van der Waals surface area contributed by atoms with E-state index < -0.39 is 69.8 Å². The number of hydrogen-bond acceptors (Lipinski definition) is 3. The SMILES string of the molecule is O=C(NCc1ccc(C(F)(F)F)c(-c2nc(C(F)(F)F)cc(=O)[nH]2)c1F)C1(c2ccc(Cl)cc2)CCCC1. The van der Waals surface area contributed by atoms with Crippen LogP contribution in [0.25, 0.3) is 11.4 Å². The second-order valence-electron chi connectivity index (χ2n) is 8.91. The number of aromatic amines is 1. The molecule has 1 amide bonds. The summed E-state index contributed by atoms with van der Waals surface area (Å²) in [5.74, 6) is -3.30. The highest BCUT2D eigenvalue weighted by molar-refractivity contribution is 6.30. The number of carbonyl (C=O) groups excluding carboxylic acids is 1. The first-order valence-corrected chi connectivity index (χ1v) is 11.7. The van der Waals surface area contributed by atoms with Gasteiger partial charge in [-0.3, -0.25) is 9.59 Å². The summed E-state index contributed by atoms with van der Waals surface area (Å²) >= 11 is 5.94. The summed E-state index contributed by atoms with van der Waals surface area (Å²) in [6, 6.07) is 7.92. The maximum Gasteiger partial charge on any atom is 0.433 e. The van der Waals surface area contributed by atoms with Crippen LogP contribution >= 0.6 is 11.6 Å². The van der Waals surface area contributed by atoms with Gasteiger partial charge in [0.15, 0.2) is 5.69 Å². The quantitative estimate of drug-likeness (QED) is 0.354. The lowest BCUT2D eigenvalue weighted by Crippen LogP contribution is -2.42. The highest BCUT2D eigenvalue weighted by atomic mass is 35.5. The summed E-state index contributed by atoms with van der Waals surface area (Å²) in [5.41, 5.74) is -6.92. The van der Waals surface area contributed by atoms with E-state index in [1.54, 1.807) is 29.2 Å². The summed E-state index contributed by atoms with van der Waals surface area (Å²) in [6.45, 7) is -0.561. The third-order valence-corrected chi connectivity index (χ3v) is 6.78. The Hall–Kier alpha value is -3.41. The van der Waals surface area contributed by atoms with Crippen molar-refractivity contribution in [3.05, 3.63) is 86.0 Å². The predicted molar refractivity (Wildman–Crippen MR) is 124 cm³/mol. The number of carbonyl (C=O) groups is 1. The molecule has 5 nitrogen and oxygen atoms in total. The van der Waals surface area contributed by atoms with Gasteiger partial charge in [0, 0.05) is 23.2 Å². The molecule has 2 N–H and O–H groups in total. The van der Waals surface area contributed by atoms with Gasteiger partial charge >= 0.3 is 12.4 Å². The predicted octanol–water partition coefficient (Wildman–Crippen LogP) is 6.40. The number of amides is 1. The van der Waals surface area contributed by atoms with Gasteiger partial charge in [0.05, 0.1) is 16.5 Å². The van der Waals surface area contributed by atoms with E-state index in [1.807, 2.05) is 0 Å². The van der Waals surface area contributed by atoms with Crippen molar-refractivity contribution in [1.82, 2.24) is 15.3 Å². The standard InChI is InChI=1S/C25H19ClF7N3O2/c26-15-6-4-14(5-7-15)23(9-1-2-10-23)22(38)34-12-13-3-8-16(24(28,29)30)19(20(13)27)21-35-17(25(31,32)33)11-18(37)36-21/h3-8,11H,1-2,9-10,12H2,(H,34,38)(H,35,36,37). The van der Waals surface area contributed by atoms with E-state index in [0.29, 0.717) is 29.5 Å². The zero-order valence-corrected chi connectivity index (χ0v) is 20.1. The molecule has 0 aliphatic heterocycles. The van der Waals surface area contributed by atoms with Crippen LogP contribution in [0.1, 0.15) is 48.1 Å². The van der Waals surface area contributed by atoms with Crippen molar-refractivity contribution in [1.29, 1.82) is 0 Å². The van der Waals surface area contributed by atoms with Crippen LogP contribution in [0.2, 0.25) is 5.02 Å². The lowest BCUT2D eigenvalue weighted by molar-refractivity contribution is -0.141. The fraction of sp³-hybridized carbons (Fsp3) is 0.320. The molecule has 0 bridgehead atoms. The van der Waals surface area contributed by atoms with Gasteiger partial charge in [-0.1, -0.05) is 42.6 Å². The maximum atomic E-state index is 15.5. The van der Waals surface area contributed by atoms with Gasteiger partial charge in [-0.2, -0.15) is 26.3 Å². The Labute approximate surface area is 216 Å². The monoisotopic (exact) mass is 561 g/mol. The Morgan fingerprint density at radius 2 is 1.63 bits per heavy atom. The van der Waals surface area contributed by atoms with Gasteiger partial charge in [0.2, 0.25) is 5.91 Å². The van der Waals surface area contributed by atoms with E-state index in [9.17, 15) is 35.9 Å². The summed E-state index contributed by atoms with van der Waals surface area (Å²) < 4.78 is 96.0. The molecule has 0 atom stereocenters. The van der Waals surface area contributed by atoms with E-state index >= 15 is 4.39 Å². The number of rotatable bonds is 5. The molecule has 202 valence electrons. The molecule has 38 heavy (non-hydrogen) atoms. The molecule has 1 fully saturated rings. The van der Waals surface area contributed by atoms with Crippen LogP contribution in [0.4, 0.5) is 30.7 Å². The van der Waals surface area contributed by atoms with Gasteiger partial charge < -0.3 is 10.3 Å². The van der Waals surface area contributed by atoms with E-state index in [4.69, 9.17) is 11.6 Å². The van der Waals surface area contributed by atoms with Crippen LogP contribution < -0.4 is 10.9 Å². The van der Waals surface area contributed by atoms with Crippen molar-refractivity contribution < 1.29 is 35.5 Å². The first-order chi connectivity index (χ1) is 17.7. The molecule has 0 spiro atoms. The van der Waals surface area contributed by atoms with Crippen molar-refractivity contribution >= 4 is 17.5 Å². The Morgan fingerprint density at radius 1 is 1.00 bits per heavy atom. The lowest BCUT2D eigenvalue weighted by Gasteiger charge is -2.28. The van der Waals surface area contributed by atoms with E-state index in [1.165, 1.54) is 0 Å². The van der Waals surface area contributed by atoms with Gasteiger partial charge in [0.25, 0.3) is 5.56 Å². The van der Waals surface area contributed by atoms with E-state index in [2.05, 4.69) is 10.3 Å². The molecule has 1 aliphatic rings. The smallest absolute Gasteiger partial charge is 0.351 e. The van der Waals surface area contributed by atoms with Crippen LogP contribution in [-0.2, 0) is 29.1 Å². The lowest BCUT2D eigenvalue weighted by atomic mass is 9.78. The zero-order chi connectivity index (χ0) is 27.9. The fourth-order valence-electron chi connectivity index (χ4n) is 4.68. The van der Waals surface area contributed by atoms with Crippen molar-refractivity contribution in [3.8, 4) is 11.4 Å². The van der Waals surface area contributed by atoms with E-state index in [0.717, 1.165) is 18.9 Å². The molecule has 13 heteroatoms. The van der Waals surface area contributed by atoms with Gasteiger partial charge in [-0.25, -0.2) is 9.37 Å². The Balaban J connectivity index is 1.72. The molecule has 0 saturated heterocycles. The first kappa shape index (κ1) is 27.6. The number of hydrogen-bond donors (Lipinski definition) is 2. The molecule has 4 rings (SSSR count). The molecule has 0 unspecified atom stereocenters. The van der Waals surface area contributed by atoms with Crippen LogP contribution in [0.15, 0.2) is 47.3 Å². The number of alkyl halides is 6. The average molecular weight is 562 g/mol. The van der Waals surface area contributed by atoms with Crippen LogP contribution in [-0.4, -0.2) is 15.9 Å². The summed E-state index contributed by atoms with van der Waals surface area (Å²) in [7, 11) is 0.